The molecule has 0 aliphatic heterocycles. The van der Waals surface area contributed by atoms with Crippen LogP contribution in [0.1, 0.15) is 21.6 Å². The van der Waals surface area contributed by atoms with Crippen molar-refractivity contribution in [2.24, 2.45) is 0 Å². The number of hydrogen-bond acceptors (Lipinski definition) is 4. The van der Waals surface area contributed by atoms with Gasteiger partial charge in [0.15, 0.2) is 0 Å². The maximum atomic E-state index is 13.0. The maximum Gasteiger partial charge on any atom is 0.343 e. The van der Waals surface area contributed by atoms with Crippen LogP contribution in [0, 0.1) is 5.82 Å². The predicted octanol–water partition coefficient (Wildman–Crippen LogP) is 3.87. The molecule has 0 saturated carbocycles. The van der Waals surface area contributed by atoms with Crippen LogP contribution < -0.4 is 10.3 Å². The number of H-pyrrole nitrogens is 1. The SMILES string of the molecule is O=C(Oc1cccc(Cc2n[nH]c(=O)c3ccccc23)c1)c1ccc(F)cc1. The van der Waals surface area contributed by atoms with Gasteiger partial charge >= 0.3 is 5.97 Å². The lowest BCUT2D eigenvalue weighted by Crippen LogP contribution is -2.11. The molecule has 4 rings (SSSR count). The Morgan fingerprint density at radius 2 is 1.71 bits per heavy atom. The third-order valence-corrected chi connectivity index (χ3v) is 4.34. The van der Waals surface area contributed by atoms with Gasteiger partial charge in [-0.15, -0.1) is 0 Å². The first kappa shape index (κ1) is 17.6. The van der Waals surface area contributed by atoms with Crippen LogP contribution in [0.15, 0.2) is 77.6 Å². The molecule has 138 valence electrons. The number of carbonyl (C=O) groups is 1. The first-order valence-electron chi connectivity index (χ1n) is 8.63. The Kier molecular flexibility index (Phi) is 4.68. The lowest BCUT2D eigenvalue weighted by atomic mass is 10.0. The van der Waals surface area contributed by atoms with Crippen molar-refractivity contribution in [3.63, 3.8) is 0 Å². The normalized spacial score (nSPS) is 10.8. The van der Waals surface area contributed by atoms with Crippen LogP contribution in [0.4, 0.5) is 4.39 Å². The van der Waals surface area contributed by atoms with E-state index in [1.807, 2.05) is 18.2 Å². The van der Waals surface area contributed by atoms with Crippen molar-refractivity contribution in [1.29, 1.82) is 0 Å². The monoisotopic (exact) mass is 374 g/mol. The van der Waals surface area contributed by atoms with Crippen LogP contribution in [0.2, 0.25) is 0 Å². The van der Waals surface area contributed by atoms with Crippen molar-refractivity contribution in [1.82, 2.24) is 10.2 Å². The largest absolute Gasteiger partial charge is 0.423 e. The molecule has 1 N–H and O–H groups in total. The number of nitrogens with one attached hydrogen (secondary N) is 1. The average molecular weight is 374 g/mol. The molecule has 0 aliphatic carbocycles. The molecule has 0 spiro atoms. The third kappa shape index (κ3) is 3.66. The Balaban J connectivity index is 1.58. The Bertz CT molecular complexity index is 1220. The van der Waals surface area contributed by atoms with Crippen molar-refractivity contribution in [3.05, 3.63) is 106 Å². The van der Waals surface area contributed by atoms with Crippen LogP contribution in [-0.4, -0.2) is 16.2 Å². The van der Waals surface area contributed by atoms with Gasteiger partial charge in [-0.3, -0.25) is 4.79 Å². The van der Waals surface area contributed by atoms with Crippen molar-refractivity contribution in [3.8, 4) is 5.75 Å². The maximum absolute atomic E-state index is 13.0. The van der Waals surface area contributed by atoms with E-state index in [9.17, 15) is 14.0 Å². The second-order valence-electron chi connectivity index (χ2n) is 6.27. The molecule has 0 unspecified atom stereocenters. The minimum absolute atomic E-state index is 0.235. The summed E-state index contributed by atoms with van der Waals surface area (Å²) >= 11 is 0. The number of benzene rings is 3. The number of carbonyl (C=O) groups excluding carboxylic acids is 1. The molecule has 1 aromatic heterocycles. The summed E-state index contributed by atoms with van der Waals surface area (Å²) in [5.41, 5.74) is 1.62. The van der Waals surface area contributed by atoms with E-state index in [0.717, 1.165) is 16.6 Å². The van der Waals surface area contributed by atoms with Crippen LogP contribution in [0.5, 0.6) is 5.75 Å². The van der Waals surface area contributed by atoms with Gasteiger partial charge in [-0.1, -0.05) is 30.3 Å². The van der Waals surface area contributed by atoms with Gasteiger partial charge in [-0.25, -0.2) is 14.3 Å². The summed E-state index contributed by atoms with van der Waals surface area (Å²) in [6, 6.07) is 19.5. The van der Waals surface area contributed by atoms with Gasteiger partial charge in [0.2, 0.25) is 0 Å². The molecule has 0 bridgehead atoms. The van der Waals surface area contributed by atoms with E-state index in [1.54, 1.807) is 30.3 Å². The molecule has 0 atom stereocenters. The quantitative estimate of drug-likeness (QED) is 0.435. The highest BCUT2D eigenvalue weighted by Gasteiger charge is 2.11. The molecule has 6 heteroatoms. The van der Waals surface area contributed by atoms with Gasteiger partial charge < -0.3 is 4.74 Å². The summed E-state index contributed by atoms with van der Waals surface area (Å²) in [6.45, 7) is 0. The van der Waals surface area contributed by atoms with Crippen molar-refractivity contribution in [2.75, 3.05) is 0 Å². The molecule has 4 aromatic rings. The van der Waals surface area contributed by atoms with Crippen molar-refractivity contribution < 1.29 is 13.9 Å². The zero-order chi connectivity index (χ0) is 19.5. The molecule has 28 heavy (non-hydrogen) atoms. The van der Waals surface area contributed by atoms with Gasteiger partial charge in [0.25, 0.3) is 5.56 Å². The van der Waals surface area contributed by atoms with Gasteiger partial charge in [-0.05, 0) is 48.0 Å². The first-order valence-corrected chi connectivity index (χ1v) is 8.63. The number of ether oxygens (including phenoxy) is 1. The van der Waals surface area contributed by atoms with E-state index in [1.165, 1.54) is 24.3 Å². The molecule has 3 aromatic carbocycles. The summed E-state index contributed by atoms with van der Waals surface area (Å²) in [4.78, 5) is 24.1. The van der Waals surface area contributed by atoms with Gasteiger partial charge in [0.1, 0.15) is 11.6 Å². The summed E-state index contributed by atoms with van der Waals surface area (Å²) in [6.07, 6.45) is 0.458. The Morgan fingerprint density at radius 3 is 2.50 bits per heavy atom. The molecular formula is C22H15FN2O3. The Labute approximate surface area is 159 Å². The summed E-state index contributed by atoms with van der Waals surface area (Å²) in [7, 11) is 0. The standard InChI is InChI=1S/C22H15FN2O3/c23-16-10-8-15(9-11-16)22(27)28-17-5-3-4-14(12-17)13-20-18-6-1-2-7-19(18)21(26)25-24-20/h1-12H,13H2,(H,25,26). The van der Waals surface area contributed by atoms with Gasteiger partial charge in [0.05, 0.1) is 16.6 Å². The van der Waals surface area contributed by atoms with Gasteiger partial charge in [0, 0.05) is 11.8 Å². The number of rotatable bonds is 4. The van der Waals surface area contributed by atoms with Crippen LogP contribution in [0.25, 0.3) is 10.8 Å². The van der Waals surface area contributed by atoms with E-state index in [2.05, 4.69) is 10.2 Å². The lowest BCUT2D eigenvalue weighted by Gasteiger charge is -2.08. The van der Waals surface area contributed by atoms with Crippen LogP contribution in [0.3, 0.4) is 0 Å². The fraction of sp³-hybridized carbons (Fsp3) is 0.0455. The molecule has 0 amide bonds. The van der Waals surface area contributed by atoms with Crippen molar-refractivity contribution in [2.45, 2.75) is 6.42 Å². The van der Waals surface area contributed by atoms with E-state index in [-0.39, 0.29) is 11.1 Å². The number of hydrogen-bond donors (Lipinski definition) is 1. The van der Waals surface area contributed by atoms with E-state index < -0.39 is 11.8 Å². The molecule has 0 aliphatic rings. The fourth-order valence-electron chi connectivity index (χ4n) is 2.97. The number of aromatic nitrogens is 2. The number of nitrogens with zero attached hydrogens (tertiary/aromatic N) is 1. The summed E-state index contributed by atoms with van der Waals surface area (Å²) in [5, 5.41) is 8.03. The minimum Gasteiger partial charge on any atom is -0.423 e. The number of halogens is 1. The predicted molar refractivity (Wildman–Crippen MR) is 103 cm³/mol. The van der Waals surface area contributed by atoms with E-state index in [4.69, 9.17) is 4.74 Å². The average Bonchev–Trinajstić information content (AvgIpc) is 2.71. The highest BCUT2D eigenvalue weighted by atomic mass is 19.1. The highest BCUT2D eigenvalue weighted by molar-refractivity contribution is 5.91. The minimum atomic E-state index is -0.565. The van der Waals surface area contributed by atoms with Crippen LogP contribution >= 0.6 is 0 Å². The molecule has 1 heterocycles. The number of esters is 1. The number of fused-ring (bicyclic) bond motifs is 1. The smallest absolute Gasteiger partial charge is 0.343 e. The Morgan fingerprint density at radius 1 is 0.964 bits per heavy atom. The molecule has 0 fully saturated rings. The summed E-state index contributed by atoms with van der Waals surface area (Å²) < 4.78 is 18.4. The molecule has 0 radical (unpaired) electrons. The molecule has 0 saturated heterocycles. The second kappa shape index (κ2) is 7.44. The Hall–Kier alpha value is -3.80. The summed E-state index contributed by atoms with van der Waals surface area (Å²) in [5.74, 6) is -0.607. The molecule has 5 nitrogen and oxygen atoms in total. The lowest BCUT2D eigenvalue weighted by molar-refractivity contribution is 0.0734. The fourth-order valence-corrected chi connectivity index (χ4v) is 2.97. The zero-order valence-electron chi connectivity index (χ0n) is 14.7. The molecular weight excluding hydrogens is 359 g/mol. The van der Waals surface area contributed by atoms with Crippen LogP contribution in [-0.2, 0) is 6.42 Å². The zero-order valence-corrected chi connectivity index (χ0v) is 14.7. The highest BCUT2D eigenvalue weighted by Crippen LogP contribution is 2.20. The number of aromatic amines is 1. The second-order valence-corrected chi connectivity index (χ2v) is 6.27. The van der Waals surface area contributed by atoms with Gasteiger partial charge in [-0.2, -0.15) is 5.10 Å². The van der Waals surface area contributed by atoms with E-state index >= 15 is 0 Å². The van der Waals surface area contributed by atoms with E-state index in [0.29, 0.717) is 17.6 Å². The topological polar surface area (TPSA) is 72.0 Å². The first-order chi connectivity index (χ1) is 13.6. The van der Waals surface area contributed by atoms with Crippen molar-refractivity contribution >= 4 is 16.7 Å². The third-order valence-electron chi connectivity index (χ3n) is 4.34.